The van der Waals surface area contributed by atoms with E-state index in [0.717, 1.165) is 35.7 Å². The lowest BCUT2D eigenvalue weighted by atomic mass is 10.1. The van der Waals surface area contributed by atoms with Gasteiger partial charge in [0.05, 0.1) is 58.4 Å². The Morgan fingerprint density at radius 1 is 1.09 bits per heavy atom. The normalized spacial score (nSPS) is 13.8. The van der Waals surface area contributed by atoms with Crippen LogP contribution in [0.4, 0.5) is 21.5 Å². The van der Waals surface area contributed by atoms with Crippen LogP contribution in [0, 0.1) is 12.7 Å². The highest BCUT2D eigenvalue weighted by molar-refractivity contribution is 5.95. The Balaban J connectivity index is 1.48. The van der Waals surface area contributed by atoms with Gasteiger partial charge >= 0.3 is 0 Å². The topological polar surface area (TPSA) is 85.9 Å². The molecule has 0 aromatic carbocycles. The number of fused-ring (bicyclic) bond motifs is 1. The van der Waals surface area contributed by atoms with E-state index in [4.69, 9.17) is 0 Å². The second-order valence-corrected chi connectivity index (χ2v) is 9.09. The number of hydrogen-bond acceptors (Lipinski definition) is 7. The lowest BCUT2D eigenvalue weighted by Gasteiger charge is -2.30. The average molecular weight is 473 g/mol. The molecule has 35 heavy (non-hydrogen) atoms. The molecule has 0 unspecified atom stereocenters. The van der Waals surface area contributed by atoms with Crippen molar-refractivity contribution < 1.29 is 4.39 Å². The van der Waals surface area contributed by atoms with Crippen molar-refractivity contribution in [2.75, 3.05) is 42.3 Å². The number of hydrogen-bond donors (Lipinski definition) is 2. The first-order valence-corrected chi connectivity index (χ1v) is 11.7. The van der Waals surface area contributed by atoms with Gasteiger partial charge in [-0.25, -0.2) is 4.39 Å². The van der Waals surface area contributed by atoms with Gasteiger partial charge in [-0.05, 0) is 37.8 Å². The van der Waals surface area contributed by atoms with Crippen molar-refractivity contribution in [1.29, 1.82) is 0 Å². The summed E-state index contributed by atoms with van der Waals surface area (Å²) in [5.41, 5.74) is 6.07. The molecular formula is C26H29FN8. The van der Waals surface area contributed by atoms with Crippen LogP contribution in [0.5, 0.6) is 0 Å². The maximum atomic E-state index is 15.8. The lowest BCUT2D eigenvalue weighted by molar-refractivity contribution is 0.576. The van der Waals surface area contributed by atoms with Crippen molar-refractivity contribution in [3.05, 3.63) is 60.7 Å². The Hall–Kier alpha value is -4.01. The highest BCUT2D eigenvalue weighted by Gasteiger charge is 2.21. The van der Waals surface area contributed by atoms with Gasteiger partial charge in [0.15, 0.2) is 5.82 Å². The summed E-state index contributed by atoms with van der Waals surface area (Å²) in [6, 6.07) is 1.86. The van der Waals surface area contributed by atoms with E-state index in [-0.39, 0.29) is 5.69 Å². The zero-order chi connectivity index (χ0) is 24.5. The number of aromatic amines is 1. The maximum absolute atomic E-state index is 15.8. The second kappa shape index (κ2) is 9.32. The minimum absolute atomic E-state index is 0.217. The molecule has 2 N–H and O–H groups in total. The molecule has 1 saturated heterocycles. The molecule has 0 aliphatic carbocycles. The second-order valence-electron chi connectivity index (χ2n) is 9.09. The predicted molar refractivity (Wildman–Crippen MR) is 139 cm³/mol. The number of rotatable bonds is 6. The molecule has 0 bridgehead atoms. The number of anilines is 3. The molecule has 0 saturated carbocycles. The summed E-state index contributed by atoms with van der Waals surface area (Å²) in [6.45, 7) is 8.29. The van der Waals surface area contributed by atoms with Crippen LogP contribution in [0.3, 0.4) is 0 Å². The van der Waals surface area contributed by atoms with Gasteiger partial charge in [-0.3, -0.25) is 20.1 Å². The van der Waals surface area contributed by atoms with E-state index in [2.05, 4.69) is 48.9 Å². The highest BCUT2D eigenvalue weighted by atomic mass is 19.1. The summed E-state index contributed by atoms with van der Waals surface area (Å²) in [5, 5.41) is 10.9. The van der Waals surface area contributed by atoms with E-state index in [0.29, 0.717) is 27.9 Å². The molecule has 0 spiro atoms. The number of piperidine rings is 1. The van der Waals surface area contributed by atoms with Crippen LogP contribution in [0.2, 0.25) is 0 Å². The summed E-state index contributed by atoms with van der Waals surface area (Å²) < 4.78 is 15.8. The van der Waals surface area contributed by atoms with Crippen molar-refractivity contribution in [1.82, 2.24) is 25.1 Å². The van der Waals surface area contributed by atoms with Crippen molar-refractivity contribution in [3.8, 4) is 11.3 Å². The number of nitrogens with one attached hydrogen (secondary N) is 2. The van der Waals surface area contributed by atoms with Gasteiger partial charge in [-0.1, -0.05) is 6.58 Å². The SMILES string of the molecule is C=C(Nc1cncc(N2CCCCC2)c1C)c1n[nH]c2cnc(-c3cncc(N(C)C)c3)c(F)c12. The van der Waals surface area contributed by atoms with E-state index in [1.54, 1.807) is 24.8 Å². The van der Waals surface area contributed by atoms with Crippen molar-refractivity contribution in [2.45, 2.75) is 26.2 Å². The van der Waals surface area contributed by atoms with Crippen molar-refractivity contribution in [3.63, 3.8) is 0 Å². The Labute approximate surface area is 203 Å². The molecule has 1 fully saturated rings. The minimum atomic E-state index is -0.469. The van der Waals surface area contributed by atoms with Crippen LogP contribution >= 0.6 is 0 Å². The monoisotopic (exact) mass is 472 g/mol. The first-order valence-electron chi connectivity index (χ1n) is 11.7. The number of pyridine rings is 3. The fourth-order valence-electron chi connectivity index (χ4n) is 4.51. The van der Waals surface area contributed by atoms with Crippen LogP contribution in [0.15, 0.2) is 43.6 Å². The third-order valence-corrected chi connectivity index (χ3v) is 6.51. The van der Waals surface area contributed by atoms with Gasteiger partial charge in [-0.2, -0.15) is 5.10 Å². The molecule has 0 atom stereocenters. The van der Waals surface area contributed by atoms with Crippen molar-refractivity contribution >= 4 is 33.7 Å². The fraction of sp³-hybridized carbons (Fsp3) is 0.308. The van der Waals surface area contributed by atoms with Gasteiger partial charge < -0.3 is 15.1 Å². The Morgan fingerprint density at radius 2 is 1.86 bits per heavy atom. The molecule has 0 amide bonds. The zero-order valence-corrected chi connectivity index (χ0v) is 20.3. The summed E-state index contributed by atoms with van der Waals surface area (Å²) in [6.07, 6.45) is 12.2. The zero-order valence-electron chi connectivity index (χ0n) is 20.3. The third kappa shape index (κ3) is 4.29. The molecule has 0 radical (unpaired) electrons. The molecule has 4 aromatic heterocycles. The smallest absolute Gasteiger partial charge is 0.161 e. The standard InChI is InChI=1S/C26H29FN8/c1-16-20(13-29-15-22(16)35-8-6-5-7-9-35)31-17(2)25-23-21(32-33-25)14-30-26(24(23)27)18-10-19(34(3)4)12-28-11-18/h10-15,31H,2,5-9H2,1,3-4H3,(H,32,33). The van der Waals surface area contributed by atoms with Crippen LogP contribution in [-0.2, 0) is 0 Å². The van der Waals surface area contributed by atoms with E-state index < -0.39 is 5.82 Å². The van der Waals surface area contributed by atoms with Crippen LogP contribution < -0.4 is 15.1 Å². The largest absolute Gasteiger partial charge is 0.376 e. The number of H-pyrrole nitrogens is 1. The van der Waals surface area contributed by atoms with E-state index >= 15 is 4.39 Å². The van der Waals surface area contributed by atoms with E-state index in [1.807, 2.05) is 31.3 Å². The number of nitrogens with zero attached hydrogens (tertiary/aromatic N) is 6. The fourth-order valence-corrected chi connectivity index (χ4v) is 4.51. The lowest BCUT2D eigenvalue weighted by Crippen LogP contribution is -2.30. The summed E-state index contributed by atoms with van der Waals surface area (Å²) >= 11 is 0. The predicted octanol–water partition coefficient (Wildman–Crippen LogP) is 5.00. The molecule has 9 heteroatoms. The first kappa shape index (κ1) is 22.8. The average Bonchev–Trinajstić information content (AvgIpc) is 3.31. The van der Waals surface area contributed by atoms with Crippen LogP contribution in [0.25, 0.3) is 27.9 Å². The molecular weight excluding hydrogens is 443 g/mol. The summed E-state index contributed by atoms with van der Waals surface area (Å²) in [7, 11) is 3.82. The summed E-state index contributed by atoms with van der Waals surface area (Å²) in [5.74, 6) is -0.469. The van der Waals surface area contributed by atoms with E-state index in [9.17, 15) is 0 Å². The van der Waals surface area contributed by atoms with Crippen LogP contribution in [-0.4, -0.2) is 52.3 Å². The number of halogens is 1. The van der Waals surface area contributed by atoms with Gasteiger partial charge in [-0.15, -0.1) is 0 Å². The minimum Gasteiger partial charge on any atom is -0.376 e. The third-order valence-electron chi connectivity index (χ3n) is 6.51. The van der Waals surface area contributed by atoms with Gasteiger partial charge in [0.2, 0.25) is 0 Å². The Bertz CT molecular complexity index is 1390. The molecule has 1 aliphatic rings. The molecule has 180 valence electrons. The highest BCUT2D eigenvalue weighted by Crippen LogP contribution is 2.33. The molecule has 5 rings (SSSR count). The van der Waals surface area contributed by atoms with Crippen LogP contribution in [0.1, 0.15) is 30.5 Å². The molecule has 1 aliphatic heterocycles. The first-order chi connectivity index (χ1) is 16.9. The molecule has 5 heterocycles. The summed E-state index contributed by atoms with van der Waals surface area (Å²) in [4.78, 5) is 17.3. The Kier molecular flexibility index (Phi) is 6.07. The van der Waals surface area contributed by atoms with Gasteiger partial charge in [0.1, 0.15) is 11.4 Å². The Morgan fingerprint density at radius 3 is 2.63 bits per heavy atom. The van der Waals surface area contributed by atoms with Gasteiger partial charge in [0.25, 0.3) is 0 Å². The molecule has 8 nitrogen and oxygen atoms in total. The van der Waals surface area contributed by atoms with E-state index in [1.165, 1.54) is 19.3 Å². The maximum Gasteiger partial charge on any atom is 0.161 e. The van der Waals surface area contributed by atoms with Gasteiger partial charge in [0, 0.05) is 38.9 Å². The molecule has 4 aromatic rings. The van der Waals surface area contributed by atoms with Crippen molar-refractivity contribution in [2.24, 2.45) is 0 Å². The number of aromatic nitrogens is 5. The quantitative estimate of drug-likeness (QED) is 0.408.